The van der Waals surface area contributed by atoms with E-state index in [4.69, 9.17) is 13.9 Å². The number of fused-ring (bicyclic) bond motifs is 3. The van der Waals surface area contributed by atoms with Crippen LogP contribution in [0.25, 0.3) is 17.0 Å². The Morgan fingerprint density at radius 3 is 2.50 bits per heavy atom. The molecule has 1 aromatic carbocycles. The molecule has 0 saturated heterocycles. The number of ether oxygens (including phenoxy) is 2. The van der Waals surface area contributed by atoms with Gasteiger partial charge in [0.25, 0.3) is 0 Å². The van der Waals surface area contributed by atoms with Gasteiger partial charge >= 0.3 is 11.6 Å². The van der Waals surface area contributed by atoms with Crippen LogP contribution in [-0.4, -0.2) is 22.5 Å². The van der Waals surface area contributed by atoms with Gasteiger partial charge in [0.1, 0.15) is 28.8 Å². The minimum Gasteiger partial charge on any atom is -0.506 e. The van der Waals surface area contributed by atoms with Crippen LogP contribution in [0.15, 0.2) is 21.4 Å². The minimum atomic E-state index is -0.748. The normalized spacial score (nSPS) is 15.6. The minimum absolute atomic E-state index is 0.0656. The van der Waals surface area contributed by atoms with Crippen molar-refractivity contribution in [2.45, 2.75) is 59.7 Å². The highest BCUT2D eigenvalue weighted by Crippen LogP contribution is 2.48. The number of phenols is 1. The van der Waals surface area contributed by atoms with Gasteiger partial charge < -0.3 is 19.0 Å². The first kappa shape index (κ1) is 21.6. The van der Waals surface area contributed by atoms with Crippen LogP contribution in [0.5, 0.6) is 11.5 Å². The molecular weight excluding hydrogens is 388 g/mol. The summed E-state index contributed by atoms with van der Waals surface area (Å²) in [4.78, 5) is 37.0. The van der Waals surface area contributed by atoms with E-state index in [1.165, 1.54) is 13.0 Å². The molecule has 1 N–H and O–H groups in total. The molecule has 2 aromatic rings. The van der Waals surface area contributed by atoms with Gasteiger partial charge in [0, 0.05) is 24.5 Å². The predicted molar refractivity (Wildman–Crippen MR) is 112 cm³/mol. The summed E-state index contributed by atoms with van der Waals surface area (Å²) in [5.41, 5.74) is -0.872. The van der Waals surface area contributed by atoms with Crippen LogP contribution in [0.1, 0.15) is 75.6 Å². The maximum absolute atomic E-state index is 13.0. The lowest BCUT2D eigenvalue weighted by molar-refractivity contribution is -0.146. The predicted octanol–water partition coefficient (Wildman–Crippen LogP) is 4.54. The fraction of sp³-hybridized carbons (Fsp3) is 0.435. The first-order valence-corrected chi connectivity index (χ1v) is 9.93. The largest absolute Gasteiger partial charge is 0.506 e. The molecule has 1 atom stereocenters. The van der Waals surface area contributed by atoms with E-state index in [1.54, 1.807) is 26.0 Å². The van der Waals surface area contributed by atoms with Crippen molar-refractivity contribution >= 4 is 28.8 Å². The van der Waals surface area contributed by atoms with E-state index in [0.29, 0.717) is 22.9 Å². The first-order chi connectivity index (χ1) is 14.0. The van der Waals surface area contributed by atoms with E-state index in [1.807, 2.05) is 20.8 Å². The molecule has 0 unspecified atom stereocenters. The molecule has 0 spiro atoms. The van der Waals surface area contributed by atoms with Gasteiger partial charge in [0.05, 0.1) is 10.9 Å². The topological polar surface area (TPSA) is 103 Å². The molecule has 0 aliphatic carbocycles. The summed E-state index contributed by atoms with van der Waals surface area (Å²) in [6, 6.07) is 1.25. The number of Topliss-reactive ketones (excluding diaryl/α,β-unsaturated/α-hetero) is 1. The van der Waals surface area contributed by atoms with E-state index in [0.717, 1.165) is 0 Å². The van der Waals surface area contributed by atoms with Crippen LogP contribution >= 0.6 is 0 Å². The fourth-order valence-electron chi connectivity index (χ4n) is 3.59. The Labute approximate surface area is 174 Å². The molecule has 7 heteroatoms. The summed E-state index contributed by atoms with van der Waals surface area (Å²) in [6.45, 7) is 10.2. The lowest BCUT2D eigenvalue weighted by Crippen LogP contribution is -2.28. The maximum Gasteiger partial charge on any atom is 0.336 e. The summed E-state index contributed by atoms with van der Waals surface area (Å²) in [5.74, 6) is -1.36. The third kappa shape index (κ3) is 3.72. The van der Waals surface area contributed by atoms with Crippen molar-refractivity contribution in [1.82, 2.24) is 0 Å². The van der Waals surface area contributed by atoms with E-state index < -0.39 is 29.2 Å². The van der Waals surface area contributed by atoms with Gasteiger partial charge in [-0.3, -0.25) is 9.59 Å². The number of rotatable bonds is 5. The highest BCUT2D eigenvalue weighted by Gasteiger charge is 2.34. The van der Waals surface area contributed by atoms with Crippen molar-refractivity contribution in [3.05, 3.63) is 39.3 Å². The quantitative estimate of drug-likeness (QED) is 0.435. The number of ketones is 1. The number of hydrogen-bond acceptors (Lipinski definition) is 7. The van der Waals surface area contributed by atoms with Crippen molar-refractivity contribution in [2.24, 2.45) is 5.92 Å². The Bertz CT molecular complexity index is 1120. The van der Waals surface area contributed by atoms with Crippen LogP contribution in [-0.2, 0) is 9.53 Å². The average Bonchev–Trinajstić information content (AvgIpc) is 2.64. The van der Waals surface area contributed by atoms with Crippen molar-refractivity contribution < 1.29 is 28.6 Å². The van der Waals surface area contributed by atoms with Crippen molar-refractivity contribution in [1.29, 1.82) is 0 Å². The molecule has 160 valence electrons. The number of carbonyl (C=O) groups is 2. The molecular formula is C23H26O7. The lowest BCUT2D eigenvalue weighted by atomic mass is 9.89. The Morgan fingerprint density at radius 1 is 1.27 bits per heavy atom. The van der Waals surface area contributed by atoms with Gasteiger partial charge in [-0.1, -0.05) is 20.8 Å². The summed E-state index contributed by atoms with van der Waals surface area (Å²) in [5, 5.41) is 11.3. The summed E-state index contributed by atoms with van der Waals surface area (Å²) in [7, 11) is 0. The molecule has 2 heterocycles. The number of phenolic OH excluding ortho intramolecular Hbond substituents is 1. The Kier molecular flexibility index (Phi) is 5.50. The zero-order valence-electron chi connectivity index (χ0n) is 18.0. The molecule has 0 amide bonds. The van der Waals surface area contributed by atoms with E-state index in [9.17, 15) is 19.5 Å². The number of esters is 1. The van der Waals surface area contributed by atoms with Gasteiger partial charge in [0.15, 0.2) is 11.4 Å². The zero-order chi connectivity index (χ0) is 22.4. The number of hydrogen-bond donors (Lipinski definition) is 1. The Hall–Kier alpha value is -3.09. The van der Waals surface area contributed by atoms with Crippen LogP contribution in [0.3, 0.4) is 0 Å². The van der Waals surface area contributed by atoms with Gasteiger partial charge in [-0.2, -0.15) is 0 Å². The Morgan fingerprint density at radius 2 is 1.93 bits per heavy atom. The summed E-state index contributed by atoms with van der Waals surface area (Å²) >= 11 is 0. The standard InChI is InChI=1S/C23H26O7/c1-7-15(28-12(4)24)14-10-16(25)29-22-17(14)21-13(8-9-23(5,6)30-21)20(27)18(22)19(26)11(2)3/h8-11,15,27H,7H2,1-6H3/t15-/m1/s1. The van der Waals surface area contributed by atoms with Gasteiger partial charge in [-0.25, -0.2) is 4.79 Å². The maximum atomic E-state index is 13.0. The van der Waals surface area contributed by atoms with Crippen LogP contribution in [0.4, 0.5) is 0 Å². The number of carbonyl (C=O) groups excluding carboxylic acids is 2. The highest BCUT2D eigenvalue weighted by atomic mass is 16.5. The summed E-state index contributed by atoms with van der Waals surface area (Å²) in [6.07, 6.45) is 3.10. The monoisotopic (exact) mass is 414 g/mol. The molecule has 3 rings (SSSR count). The lowest BCUT2D eigenvalue weighted by Gasteiger charge is -2.31. The molecule has 1 aromatic heterocycles. The summed E-state index contributed by atoms with van der Waals surface area (Å²) < 4.78 is 17.0. The molecule has 1 aliphatic rings. The molecule has 0 radical (unpaired) electrons. The second-order valence-electron chi connectivity index (χ2n) is 8.26. The third-order valence-corrected chi connectivity index (χ3v) is 5.00. The Balaban J connectivity index is 2.52. The van der Waals surface area contributed by atoms with Crippen LogP contribution in [0.2, 0.25) is 0 Å². The smallest absolute Gasteiger partial charge is 0.336 e. The molecule has 0 fully saturated rings. The molecule has 30 heavy (non-hydrogen) atoms. The van der Waals surface area contributed by atoms with Crippen molar-refractivity contribution in [3.8, 4) is 11.5 Å². The first-order valence-electron chi connectivity index (χ1n) is 9.93. The van der Waals surface area contributed by atoms with Crippen LogP contribution in [0, 0.1) is 5.92 Å². The van der Waals surface area contributed by atoms with E-state index >= 15 is 0 Å². The van der Waals surface area contributed by atoms with Gasteiger partial charge in [0.2, 0.25) is 0 Å². The SMILES string of the molecule is CC[C@@H](OC(C)=O)c1cc(=O)oc2c(C(=O)C(C)C)c(O)c3c(c12)OC(C)(C)C=C3. The van der Waals surface area contributed by atoms with Crippen LogP contribution < -0.4 is 10.4 Å². The number of aromatic hydroxyl groups is 1. The highest BCUT2D eigenvalue weighted by molar-refractivity contribution is 6.13. The second kappa shape index (κ2) is 7.63. The number of benzene rings is 1. The average molecular weight is 414 g/mol. The second-order valence-corrected chi connectivity index (χ2v) is 8.26. The van der Waals surface area contributed by atoms with E-state index in [-0.39, 0.29) is 28.4 Å². The van der Waals surface area contributed by atoms with E-state index in [2.05, 4.69) is 0 Å². The molecule has 1 aliphatic heterocycles. The van der Waals surface area contributed by atoms with Crippen molar-refractivity contribution in [3.63, 3.8) is 0 Å². The van der Waals surface area contributed by atoms with Crippen molar-refractivity contribution in [2.75, 3.05) is 0 Å². The molecule has 0 bridgehead atoms. The zero-order valence-corrected chi connectivity index (χ0v) is 18.0. The van der Waals surface area contributed by atoms with Gasteiger partial charge in [-0.15, -0.1) is 0 Å². The van der Waals surface area contributed by atoms with Gasteiger partial charge in [-0.05, 0) is 32.4 Å². The molecule has 7 nitrogen and oxygen atoms in total. The fourth-order valence-corrected chi connectivity index (χ4v) is 3.59. The molecule has 0 saturated carbocycles. The third-order valence-electron chi connectivity index (χ3n) is 5.00.